The maximum Gasteiger partial charge on any atom is 0.191 e. The summed E-state index contributed by atoms with van der Waals surface area (Å²) in [5.74, 6) is 1.51. The van der Waals surface area contributed by atoms with E-state index in [9.17, 15) is 4.39 Å². The van der Waals surface area contributed by atoms with Crippen LogP contribution in [0, 0.1) is 5.82 Å². The van der Waals surface area contributed by atoms with Gasteiger partial charge in [0.1, 0.15) is 11.6 Å². The number of furan rings is 1. The van der Waals surface area contributed by atoms with Crippen LogP contribution in [0.2, 0.25) is 0 Å². The second-order valence-corrected chi connectivity index (χ2v) is 7.36. The van der Waals surface area contributed by atoms with Crippen LogP contribution in [-0.2, 0) is 5.41 Å². The first kappa shape index (κ1) is 22.7. The molecule has 154 valence electrons. The lowest BCUT2D eigenvalue weighted by Crippen LogP contribution is -2.42. The Morgan fingerprint density at radius 2 is 2.04 bits per heavy atom. The third kappa shape index (κ3) is 5.70. The van der Waals surface area contributed by atoms with Gasteiger partial charge in [0, 0.05) is 18.5 Å². The number of rotatable bonds is 8. The Bertz CT molecular complexity index is 760. The predicted molar refractivity (Wildman–Crippen MR) is 122 cm³/mol. The summed E-state index contributed by atoms with van der Waals surface area (Å²) in [5.41, 5.74) is 1.02. The van der Waals surface area contributed by atoms with Gasteiger partial charge >= 0.3 is 0 Å². The van der Waals surface area contributed by atoms with E-state index in [1.54, 1.807) is 18.4 Å². The molecule has 1 aromatic heterocycles. The number of hydrogen-bond acceptors (Lipinski definition) is 3. The summed E-state index contributed by atoms with van der Waals surface area (Å²) in [6.07, 6.45) is 3.79. The van der Waals surface area contributed by atoms with Gasteiger partial charge in [0.25, 0.3) is 0 Å². The first-order chi connectivity index (χ1) is 13.0. The summed E-state index contributed by atoms with van der Waals surface area (Å²) in [7, 11) is 4.06. The van der Waals surface area contributed by atoms with Crippen molar-refractivity contribution in [3.05, 3.63) is 59.8 Å². The fraction of sp³-hybridized carbons (Fsp3) is 0.476. The zero-order chi connectivity index (χ0) is 19.3. The highest BCUT2D eigenvalue weighted by Crippen LogP contribution is 2.48. The van der Waals surface area contributed by atoms with Gasteiger partial charge in [-0.15, -0.1) is 24.0 Å². The second-order valence-electron chi connectivity index (χ2n) is 7.36. The molecule has 1 heterocycles. The summed E-state index contributed by atoms with van der Waals surface area (Å²) < 4.78 is 19.2. The van der Waals surface area contributed by atoms with Crippen LogP contribution in [0.15, 0.2) is 52.1 Å². The zero-order valence-corrected chi connectivity index (χ0v) is 19.1. The maximum atomic E-state index is 13.6. The molecule has 0 spiro atoms. The van der Waals surface area contributed by atoms with Crippen molar-refractivity contribution in [3.63, 3.8) is 0 Å². The van der Waals surface area contributed by atoms with Crippen molar-refractivity contribution in [2.45, 2.75) is 31.2 Å². The highest BCUT2D eigenvalue weighted by Gasteiger charge is 2.44. The molecule has 0 saturated heterocycles. The van der Waals surface area contributed by atoms with Gasteiger partial charge < -0.3 is 15.1 Å². The molecule has 0 aliphatic heterocycles. The molecular formula is C21H30FIN4O. The minimum absolute atomic E-state index is 0. The van der Waals surface area contributed by atoms with Crippen LogP contribution >= 0.6 is 24.0 Å². The van der Waals surface area contributed by atoms with Crippen LogP contribution in [0.4, 0.5) is 4.39 Å². The first-order valence-corrected chi connectivity index (χ1v) is 9.52. The SMILES string of the molecule is CCNC(=NCC1(c2cccc(F)c2)CC1)NCC(c1ccco1)N(C)C.I. The monoisotopic (exact) mass is 500 g/mol. The lowest BCUT2D eigenvalue weighted by molar-refractivity contribution is 0.258. The minimum atomic E-state index is -0.181. The molecule has 7 heteroatoms. The molecule has 1 aromatic carbocycles. The van der Waals surface area contributed by atoms with Crippen molar-refractivity contribution in [1.29, 1.82) is 0 Å². The van der Waals surface area contributed by atoms with E-state index >= 15 is 0 Å². The van der Waals surface area contributed by atoms with Gasteiger partial charge in [0.15, 0.2) is 5.96 Å². The fourth-order valence-electron chi connectivity index (χ4n) is 3.29. The summed E-state index contributed by atoms with van der Waals surface area (Å²) in [4.78, 5) is 6.90. The molecule has 2 aromatic rings. The topological polar surface area (TPSA) is 52.8 Å². The number of guanidine groups is 1. The molecule has 0 bridgehead atoms. The molecule has 1 unspecified atom stereocenters. The number of halogens is 2. The van der Waals surface area contributed by atoms with Gasteiger partial charge in [0.05, 0.1) is 18.8 Å². The van der Waals surface area contributed by atoms with Gasteiger partial charge in [-0.1, -0.05) is 12.1 Å². The highest BCUT2D eigenvalue weighted by atomic mass is 127. The lowest BCUT2D eigenvalue weighted by atomic mass is 9.96. The van der Waals surface area contributed by atoms with Gasteiger partial charge in [0.2, 0.25) is 0 Å². The molecule has 1 atom stereocenters. The number of benzene rings is 1. The van der Waals surface area contributed by atoms with Crippen LogP contribution in [0.1, 0.15) is 37.1 Å². The average Bonchev–Trinajstić information content (AvgIpc) is 3.25. The van der Waals surface area contributed by atoms with Crippen LogP contribution in [0.25, 0.3) is 0 Å². The van der Waals surface area contributed by atoms with Crippen molar-refractivity contribution in [2.75, 3.05) is 33.7 Å². The molecule has 28 heavy (non-hydrogen) atoms. The van der Waals surface area contributed by atoms with E-state index in [0.29, 0.717) is 13.1 Å². The highest BCUT2D eigenvalue weighted by molar-refractivity contribution is 14.0. The Hall–Kier alpha value is -1.61. The molecule has 3 rings (SSSR count). The Kier molecular flexibility index (Phi) is 8.30. The molecule has 1 aliphatic rings. The standard InChI is InChI=1S/C21H29FN4O.HI/c1-4-23-20(24-14-18(26(2)3)19-9-6-12-27-19)25-15-21(10-11-21)16-7-5-8-17(22)13-16;/h5-9,12-13,18H,4,10-11,14-15H2,1-3H3,(H2,23,24,25);1H. The van der Waals surface area contributed by atoms with Crippen molar-refractivity contribution in [1.82, 2.24) is 15.5 Å². The largest absolute Gasteiger partial charge is 0.468 e. The van der Waals surface area contributed by atoms with Crippen LogP contribution in [0.3, 0.4) is 0 Å². The normalized spacial score (nSPS) is 16.4. The van der Waals surface area contributed by atoms with E-state index in [2.05, 4.69) is 15.5 Å². The minimum Gasteiger partial charge on any atom is -0.468 e. The molecule has 0 radical (unpaired) electrons. The van der Waals surface area contributed by atoms with Crippen LogP contribution < -0.4 is 10.6 Å². The van der Waals surface area contributed by atoms with E-state index in [1.807, 2.05) is 39.2 Å². The fourth-order valence-corrected chi connectivity index (χ4v) is 3.29. The zero-order valence-electron chi connectivity index (χ0n) is 16.7. The Labute approximate surface area is 183 Å². The number of aliphatic imine (C=N–C) groups is 1. The lowest BCUT2D eigenvalue weighted by Gasteiger charge is -2.24. The summed E-state index contributed by atoms with van der Waals surface area (Å²) in [6, 6.07) is 10.9. The van der Waals surface area contributed by atoms with Gasteiger partial charge in [-0.3, -0.25) is 9.89 Å². The van der Waals surface area contributed by atoms with Gasteiger partial charge in [-0.2, -0.15) is 0 Å². The van der Waals surface area contributed by atoms with Crippen LogP contribution in [0.5, 0.6) is 0 Å². The smallest absolute Gasteiger partial charge is 0.191 e. The molecule has 1 fully saturated rings. The Morgan fingerprint density at radius 1 is 1.25 bits per heavy atom. The molecular weight excluding hydrogens is 470 g/mol. The second kappa shape index (κ2) is 10.2. The third-order valence-electron chi connectivity index (χ3n) is 5.13. The van der Waals surface area contributed by atoms with Gasteiger partial charge in [-0.25, -0.2) is 4.39 Å². The molecule has 0 amide bonds. The van der Waals surface area contributed by atoms with Crippen molar-refractivity contribution in [2.24, 2.45) is 4.99 Å². The number of nitrogens with zero attached hydrogens (tertiary/aromatic N) is 2. The number of hydrogen-bond donors (Lipinski definition) is 2. The maximum absolute atomic E-state index is 13.6. The van der Waals surface area contributed by atoms with E-state index in [0.717, 1.165) is 36.7 Å². The molecule has 2 N–H and O–H groups in total. The number of nitrogens with one attached hydrogen (secondary N) is 2. The number of likely N-dealkylation sites (N-methyl/N-ethyl adjacent to an activating group) is 1. The summed E-state index contributed by atoms with van der Waals surface area (Å²) >= 11 is 0. The molecule has 5 nitrogen and oxygen atoms in total. The van der Waals surface area contributed by atoms with E-state index in [4.69, 9.17) is 9.41 Å². The quantitative estimate of drug-likeness (QED) is 0.328. The predicted octanol–water partition coefficient (Wildman–Crippen LogP) is 3.93. The molecule has 1 saturated carbocycles. The van der Waals surface area contributed by atoms with Crippen molar-refractivity contribution < 1.29 is 8.81 Å². The Balaban J connectivity index is 0.00000280. The average molecular weight is 500 g/mol. The molecule has 1 aliphatic carbocycles. The first-order valence-electron chi connectivity index (χ1n) is 9.52. The Morgan fingerprint density at radius 3 is 2.61 bits per heavy atom. The van der Waals surface area contributed by atoms with E-state index < -0.39 is 0 Å². The van der Waals surface area contributed by atoms with Crippen molar-refractivity contribution in [3.8, 4) is 0 Å². The van der Waals surface area contributed by atoms with E-state index in [-0.39, 0.29) is 41.3 Å². The third-order valence-corrected chi connectivity index (χ3v) is 5.13. The van der Waals surface area contributed by atoms with Crippen LogP contribution in [-0.4, -0.2) is 44.6 Å². The van der Waals surface area contributed by atoms with Gasteiger partial charge in [-0.05, 0) is 63.7 Å². The van der Waals surface area contributed by atoms with E-state index in [1.165, 1.54) is 6.07 Å². The van der Waals surface area contributed by atoms with Crippen molar-refractivity contribution >= 4 is 29.9 Å². The summed E-state index contributed by atoms with van der Waals surface area (Å²) in [6.45, 7) is 4.16. The summed E-state index contributed by atoms with van der Waals surface area (Å²) in [5, 5.41) is 6.72.